The fourth-order valence-corrected chi connectivity index (χ4v) is 3.07. The van der Waals surface area contributed by atoms with Crippen LogP contribution in [0.3, 0.4) is 0 Å². The zero-order valence-corrected chi connectivity index (χ0v) is 17.2. The molecule has 0 radical (unpaired) electrons. The average Bonchev–Trinajstić information content (AvgIpc) is 2.66. The molecule has 0 bridgehead atoms. The number of hydrogen-bond donors (Lipinski definition) is 2. The van der Waals surface area contributed by atoms with Gasteiger partial charge in [0.1, 0.15) is 6.04 Å². The smallest absolute Gasteiger partial charge is 0.328 e. The molecule has 0 saturated carbocycles. The van der Waals surface area contributed by atoms with Crippen LogP contribution < -0.4 is 10.6 Å². The maximum atomic E-state index is 12.1. The van der Waals surface area contributed by atoms with Gasteiger partial charge in [0.25, 0.3) is 11.8 Å². The van der Waals surface area contributed by atoms with E-state index in [-0.39, 0.29) is 15.5 Å². The Balaban J connectivity index is 1.84. The van der Waals surface area contributed by atoms with Gasteiger partial charge in [-0.05, 0) is 43.3 Å². The highest BCUT2D eigenvalue weighted by Gasteiger charge is 2.20. The van der Waals surface area contributed by atoms with E-state index in [0.29, 0.717) is 5.69 Å². The molecule has 0 saturated heterocycles. The van der Waals surface area contributed by atoms with Crippen LogP contribution in [0.1, 0.15) is 17.3 Å². The van der Waals surface area contributed by atoms with Gasteiger partial charge < -0.3 is 15.4 Å². The molecular weight excluding hydrogens is 420 g/mol. The highest BCUT2D eigenvalue weighted by molar-refractivity contribution is 7.90. The van der Waals surface area contributed by atoms with Crippen molar-refractivity contribution in [3.05, 3.63) is 59.1 Å². The lowest BCUT2D eigenvalue weighted by molar-refractivity contribution is -0.148. The molecular formula is C19H19ClN2O6S. The van der Waals surface area contributed by atoms with Crippen LogP contribution in [-0.4, -0.2) is 45.1 Å². The fraction of sp³-hybridized carbons (Fsp3) is 0.211. The summed E-state index contributed by atoms with van der Waals surface area (Å²) in [5.74, 6) is -1.96. The van der Waals surface area contributed by atoms with E-state index in [4.69, 9.17) is 16.3 Å². The first-order chi connectivity index (χ1) is 13.6. The van der Waals surface area contributed by atoms with Gasteiger partial charge in [0, 0.05) is 11.9 Å². The van der Waals surface area contributed by atoms with E-state index in [1.54, 1.807) is 18.2 Å². The van der Waals surface area contributed by atoms with Crippen molar-refractivity contribution in [3.63, 3.8) is 0 Å². The summed E-state index contributed by atoms with van der Waals surface area (Å²) in [5.41, 5.74) is 0.558. The predicted molar refractivity (Wildman–Crippen MR) is 108 cm³/mol. The lowest BCUT2D eigenvalue weighted by atomic mass is 10.2. The third kappa shape index (κ3) is 6.58. The van der Waals surface area contributed by atoms with Gasteiger partial charge in [-0.15, -0.1) is 0 Å². The Morgan fingerprint density at radius 2 is 1.69 bits per heavy atom. The molecule has 29 heavy (non-hydrogen) atoms. The van der Waals surface area contributed by atoms with Crippen LogP contribution in [0.4, 0.5) is 5.69 Å². The molecule has 2 rings (SSSR count). The number of esters is 1. The third-order valence-corrected chi connectivity index (χ3v) is 5.19. The largest absolute Gasteiger partial charge is 0.454 e. The number of carbonyl (C=O) groups is 3. The molecule has 0 aliphatic carbocycles. The van der Waals surface area contributed by atoms with E-state index < -0.39 is 40.3 Å². The highest BCUT2D eigenvalue weighted by Crippen LogP contribution is 2.15. The van der Waals surface area contributed by atoms with Crippen molar-refractivity contribution in [1.82, 2.24) is 5.32 Å². The SMILES string of the molecule is C[C@H](NC(=O)c1ccccc1Cl)C(=O)OCC(=O)Nc1ccc(S(C)(=O)=O)cc1. The summed E-state index contributed by atoms with van der Waals surface area (Å²) in [5, 5.41) is 5.16. The maximum absolute atomic E-state index is 12.1. The third-order valence-electron chi connectivity index (χ3n) is 3.73. The Bertz CT molecular complexity index is 1020. The quantitative estimate of drug-likeness (QED) is 0.638. The summed E-state index contributed by atoms with van der Waals surface area (Å²) in [4.78, 5) is 36.1. The summed E-state index contributed by atoms with van der Waals surface area (Å²) in [6.07, 6.45) is 1.08. The lowest BCUT2D eigenvalue weighted by Crippen LogP contribution is -2.40. The number of halogens is 1. The lowest BCUT2D eigenvalue weighted by Gasteiger charge is -2.14. The van der Waals surface area contributed by atoms with Crippen LogP contribution in [0.2, 0.25) is 5.02 Å². The van der Waals surface area contributed by atoms with Crippen molar-refractivity contribution < 1.29 is 27.5 Å². The van der Waals surface area contributed by atoms with Crippen molar-refractivity contribution >= 4 is 44.9 Å². The Kier molecular flexibility index (Phi) is 7.35. The molecule has 0 fully saturated rings. The van der Waals surface area contributed by atoms with Crippen LogP contribution in [-0.2, 0) is 24.2 Å². The monoisotopic (exact) mass is 438 g/mol. The molecule has 0 heterocycles. The van der Waals surface area contributed by atoms with Gasteiger partial charge in [0.15, 0.2) is 16.4 Å². The molecule has 0 aliphatic rings. The molecule has 1 atom stereocenters. The van der Waals surface area contributed by atoms with Gasteiger partial charge in [-0.1, -0.05) is 23.7 Å². The molecule has 2 N–H and O–H groups in total. The molecule has 0 spiro atoms. The molecule has 2 aromatic rings. The Labute approximate surface area is 173 Å². The number of benzene rings is 2. The number of anilines is 1. The van der Waals surface area contributed by atoms with Crippen LogP contribution in [0.5, 0.6) is 0 Å². The molecule has 8 nitrogen and oxygen atoms in total. The van der Waals surface area contributed by atoms with Gasteiger partial charge >= 0.3 is 5.97 Å². The second-order valence-electron chi connectivity index (χ2n) is 6.13. The standard InChI is InChI=1S/C19H19ClN2O6S/c1-12(21-18(24)15-5-3-4-6-16(15)20)19(25)28-11-17(23)22-13-7-9-14(10-8-13)29(2,26)27/h3-10,12H,11H2,1-2H3,(H,21,24)(H,22,23)/t12-/m0/s1. The van der Waals surface area contributed by atoms with Gasteiger partial charge in [-0.3, -0.25) is 9.59 Å². The van der Waals surface area contributed by atoms with E-state index in [1.807, 2.05) is 0 Å². The summed E-state index contributed by atoms with van der Waals surface area (Å²) < 4.78 is 27.7. The first-order valence-electron chi connectivity index (χ1n) is 8.40. The normalized spacial score (nSPS) is 12.0. The van der Waals surface area contributed by atoms with Crippen molar-refractivity contribution in [2.24, 2.45) is 0 Å². The molecule has 0 unspecified atom stereocenters. The summed E-state index contributed by atoms with van der Waals surface area (Å²) in [6, 6.07) is 10.9. The van der Waals surface area contributed by atoms with Gasteiger partial charge in [0.2, 0.25) is 0 Å². The van der Waals surface area contributed by atoms with Crippen molar-refractivity contribution in [2.75, 3.05) is 18.2 Å². The van der Waals surface area contributed by atoms with Gasteiger partial charge in [-0.2, -0.15) is 0 Å². The fourth-order valence-electron chi connectivity index (χ4n) is 2.22. The van der Waals surface area contributed by atoms with E-state index in [9.17, 15) is 22.8 Å². The Morgan fingerprint density at radius 1 is 1.07 bits per heavy atom. The summed E-state index contributed by atoms with van der Waals surface area (Å²) in [7, 11) is -3.34. The van der Waals surface area contributed by atoms with E-state index >= 15 is 0 Å². The Hall–Kier alpha value is -2.91. The highest BCUT2D eigenvalue weighted by atomic mass is 35.5. The second kappa shape index (κ2) is 9.53. The number of hydrogen-bond acceptors (Lipinski definition) is 6. The zero-order valence-electron chi connectivity index (χ0n) is 15.6. The van der Waals surface area contributed by atoms with E-state index in [0.717, 1.165) is 6.26 Å². The summed E-state index contributed by atoms with van der Waals surface area (Å²) >= 11 is 5.93. The van der Waals surface area contributed by atoms with Crippen LogP contribution in [0.25, 0.3) is 0 Å². The van der Waals surface area contributed by atoms with E-state index in [1.165, 1.54) is 37.3 Å². The molecule has 2 aromatic carbocycles. The minimum atomic E-state index is -3.34. The summed E-state index contributed by atoms with van der Waals surface area (Å²) in [6.45, 7) is 0.845. The Morgan fingerprint density at radius 3 is 2.28 bits per heavy atom. The zero-order chi connectivity index (χ0) is 21.6. The molecule has 154 valence electrons. The minimum Gasteiger partial charge on any atom is -0.454 e. The first-order valence-corrected chi connectivity index (χ1v) is 10.7. The number of nitrogens with one attached hydrogen (secondary N) is 2. The maximum Gasteiger partial charge on any atom is 0.328 e. The number of rotatable bonds is 7. The number of amides is 2. The van der Waals surface area contributed by atoms with Crippen molar-refractivity contribution in [2.45, 2.75) is 17.9 Å². The van der Waals surface area contributed by atoms with E-state index in [2.05, 4.69) is 10.6 Å². The predicted octanol–water partition coefficient (Wildman–Crippen LogP) is 2.04. The van der Waals surface area contributed by atoms with Crippen molar-refractivity contribution in [1.29, 1.82) is 0 Å². The van der Waals surface area contributed by atoms with Gasteiger partial charge in [0.05, 0.1) is 15.5 Å². The number of sulfone groups is 1. The van der Waals surface area contributed by atoms with Crippen molar-refractivity contribution in [3.8, 4) is 0 Å². The first kappa shape index (κ1) is 22.4. The van der Waals surface area contributed by atoms with Gasteiger partial charge in [-0.25, -0.2) is 13.2 Å². The van der Waals surface area contributed by atoms with Crippen LogP contribution in [0, 0.1) is 0 Å². The van der Waals surface area contributed by atoms with Crippen LogP contribution in [0.15, 0.2) is 53.4 Å². The molecule has 0 aliphatic heterocycles. The minimum absolute atomic E-state index is 0.116. The second-order valence-corrected chi connectivity index (χ2v) is 8.55. The molecule has 0 aromatic heterocycles. The number of carbonyl (C=O) groups excluding carboxylic acids is 3. The molecule has 10 heteroatoms. The topological polar surface area (TPSA) is 119 Å². The average molecular weight is 439 g/mol. The van der Waals surface area contributed by atoms with Crippen LogP contribution >= 0.6 is 11.6 Å². The number of ether oxygens (including phenoxy) is 1. The molecule has 2 amide bonds.